The maximum absolute atomic E-state index is 14.6. The minimum Gasteiger partial charge on any atom is -0.203 e. The van der Waals surface area contributed by atoms with Crippen LogP contribution in [0.4, 0.5) is 8.78 Å². The van der Waals surface area contributed by atoms with E-state index in [1.165, 1.54) is 38.5 Å². The van der Waals surface area contributed by atoms with Gasteiger partial charge in [-0.05, 0) is 73.7 Å². The van der Waals surface area contributed by atoms with Crippen molar-refractivity contribution in [1.82, 2.24) is 0 Å². The molecule has 2 aliphatic carbocycles. The van der Waals surface area contributed by atoms with Crippen LogP contribution in [0.2, 0.25) is 0 Å². The van der Waals surface area contributed by atoms with Crippen LogP contribution in [0.1, 0.15) is 79.1 Å². The lowest BCUT2D eigenvalue weighted by molar-refractivity contribution is 0.160. The van der Waals surface area contributed by atoms with E-state index in [1.807, 2.05) is 25.2 Å². The largest absolute Gasteiger partial charge is 0.203 e. The highest BCUT2D eigenvalue weighted by atomic mass is 19.2. The third-order valence-electron chi connectivity index (χ3n) is 7.20. The molecule has 2 rings (SSSR count). The molecule has 0 heterocycles. The van der Waals surface area contributed by atoms with E-state index in [0.717, 1.165) is 30.6 Å². The van der Waals surface area contributed by atoms with Gasteiger partial charge in [0, 0.05) is 11.5 Å². The number of hydrogen-bond acceptors (Lipinski definition) is 0. The lowest BCUT2D eigenvalue weighted by Crippen LogP contribution is -2.24. The van der Waals surface area contributed by atoms with Gasteiger partial charge in [-0.25, -0.2) is 8.78 Å². The lowest BCUT2D eigenvalue weighted by atomic mass is 9.69. The Labute approximate surface area is 183 Å². The third kappa shape index (κ3) is 7.36. The summed E-state index contributed by atoms with van der Waals surface area (Å²) >= 11 is 0. The first kappa shape index (κ1) is 24.8. The van der Waals surface area contributed by atoms with Crippen molar-refractivity contribution in [1.29, 1.82) is 0 Å². The Bertz CT molecular complexity index is 663. The van der Waals surface area contributed by atoms with Crippen molar-refractivity contribution < 1.29 is 8.78 Å². The molecule has 0 aromatic carbocycles. The van der Waals surface area contributed by atoms with Crippen molar-refractivity contribution >= 4 is 0 Å². The summed E-state index contributed by atoms with van der Waals surface area (Å²) in [6.07, 6.45) is 18.0. The molecule has 2 aliphatic rings. The van der Waals surface area contributed by atoms with Gasteiger partial charge in [-0.1, -0.05) is 78.0 Å². The van der Waals surface area contributed by atoms with E-state index in [4.69, 9.17) is 0 Å². The van der Waals surface area contributed by atoms with Gasteiger partial charge in [0.1, 0.15) is 0 Å². The van der Waals surface area contributed by atoms with Crippen molar-refractivity contribution in [3.8, 4) is 0 Å². The maximum atomic E-state index is 14.6. The first-order valence-corrected chi connectivity index (χ1v) is 12.0. The monoisotopic (exact) mass is 416 g/mol. The maximum Gasteiger partial charge on any atom is 0.165 e. The SMILES string of the molecule is C=C(/C=C/C1CCC(C2CCC(C)CC2)CC1)/C(F)=C(/F)C(=C)C(C)/C=C\C(C)C. The lowest BCUT2D eigenvalue weighted by Gasteiger charge is -2.36. The van der Waals surface area contributed by atoms with Gasteiger partial charge >= 0.3 is 0 Å². The van der Waals surface area contributed by atoms with E-state index >= 15 is 0 Å². The zero-order valence-electron chi connectivity index (χ0n) is 19.6. The van der Waals surface area contributed by atoms with E-state index in [2.05, 4.69) is 33.9 Å². The zero-order valence-corrected chi connectivity index (χ0v) is 19.6. The quantitative estimate of drug-likeness (QED) is 0.273. The Morgan fingerprint density at radius 1 is 0.800 bits per heavy atom. The van der Waals surface area contributed by atoms with Crippen LogP contribution in [0.3, 0.4) is 0 Å². The molecular weight excluding hydrogens is 374 g/mol. The van der Waals surface area contributed by atoms with Gasteiger partial charge in [0.05, 0.1) is 0 Å². The molecule has 0 N–H and O–H groups in total. The molecule has 0 aromatic rings. The fourth-order valence-electron chi connectivity index (χ4n) is 4.88. The van der Waals surface area contributed by atoms with Crippen LogP contribution in [0.5, 0.6) is 0 Å². The summed E-state index contributed by atoms with van der Waals surface area (Å²) in [5.41, 5.74) is 0.276. The third-order valence-corrected chi connectivity index (χ3v) is 7.20. The van der Waals surface area contributed by atoms with E-state index in [-0.39, 0.29) is 17.1 Å². The normalized spacial score (nSPS) is 30.0. The second-order valence-corrected chi connectivity index (χ2v) is 10.1. The van der Waals surface area contributed by atoms with E-state index < -0.39 is 11.7 Å². The molecule has 0 bridgehead atoms. The minimum atomic E-state index is -0.883. The fraction of sp³-hybridized carbons (Fsp3) is 0.643. The van der Waals surface area contributed by atoms with Crippen LogP contribution in [-0.2, 0) is 0 Å². The van der Waals surface area contributed by atoms with Gasteiger partial charge in [-0.2, -0.15) is 0 Å². The molecular formula is C28H42F2. The Kier molecular flexibility index (Phi) is 9.78. The summed E-state index contributed by atoms with van der Waals surface area (Å²) in [5.74, 6) is 1.50. The van der Waals surface area contributed by atoms with Crippen molar-refractivity contribution in [2.45, 2.75) is 79.1 Å². The van der Waals surface area contributed by atoms with Crippen molar-refractivity contribution in [3.63, 3.8) is 0 Å². The average Bonchev–Trinajstić information content (AvgIpc) is 2.75. The Morgan fingerprint density at radius 3 is 1.87 bits per heavy atom. The van der Waals surface area contributed by atoms with Crippen molar-refractivity contribution in [2.75, 3.05) is 0 Å². The number of allylic oxidation sites excluding steroid dienone is 8. The van der Waals surface area contributed by atoms with E-state index in [9.17, 15) is 8.78 Å². The Balaban J connectivity index is 1.86. The van der Waals surface area contributed by atoms with Crippen molar-refractivity contribution in [3.05, 3.63) is 60.3 Å². The van der Waals surface area contributed by atoms with Crippen LogP contribution in [0, 0.1) is 35.5 Å². The van der Waals surface area contributed by atoms with Gasteiger partial charge in [0.2, 0.25) is 0 Å². The van der Waals surface area contributed by atoms with Gasteiger partial charge in [-0.15, -0.1) is 0 Å². The second-order valence-electron chi connectivity index (χ2n) is 10.1. The molecule has 0 amide bonds. The molecule has 0 spiro atoms. The highest BCUT2D eigenvalue weighted by Gasteiger charge is 2.29. The summed E-state index contributed by atoms with van der Waals surface area (Å²) in [6, 6.07) is 0. The molecule has 30 heavy (non-hydrogen) atoms. The molecule has 0 aromatic heterocycles. The Hall–Kier alpha value is -1.44. The molecule has 0 aliphatic heterocycles. The summed E-state index contributed by atoms with van der Waals surface area (Å²) in [7, 11) is 0. The number of hydrogen-bond donors (Lipinski definition) is 0. The molecule has 168 valence electrons. The van der Waals surface area contributed by atoms with Gasteiger partial charge in [0.15, 0.2) is 11.7 Å². The van der Waals surface area contributed by atoms with E-state index in [0.29, 0.717) is 11.8 Å². The van der Waals surface area contributed by atoms with Crippen LogP contribution >= 0.6 is 0 Å². The standard InChI is InChI=1S/C28H42F2/c1-19(2)7-10-21(4)23(6)28(30)27(29)22(5)11-12-24-13-17-26(18-14-24)25-15-8-20(3)9-16-25/h7,10-12,19-21,24-26H,5-6,8-9,13-18H2,1-4H3/b10-7-,12-11+,28-27-. The van der Waals surface area contributed by atoms with Crippen LogP contribution < -0.4 is 0 Å². The number of rotatable bonds is 8. The molecule has 0 saturated heterocycles. The molecule has 2 fully saturated rings. The summed E-state index contributed by atoms with van der Waals surface area (Å²) in [5, 5.41) is 0. The molecule has 0 radical (unpaired) electrons. The summed E-state index contributed by atoms with van der Waals surface area (Å²) in [6.45, 7) is 15.8. The highest BCUT2D eigenvalue weighted by Crippen LogP contribution is 2.41. The number of halogens is 2. The highest BCUT2D eigenvalue weighted by molar-refractivity contribution is 5.42. The second kappa shape index (κ2) is 11.8. The fourth-order valence-corrected chi connectivity index (χ4v) is 4.88. The van der Waals surface area contributed by atoms with Crippen LogP contribution in [0.25, 0.3) is 0 Å². The molecule has 2 heteroatoms. The predicted molar refractivity (Wildman–Crippen MR) is 126 cm³/mol. The smallest absolute Gasteiger partial charge is 0.165 e. The average molecular weight is 417 g/mol. The molecule has 2 saturated carbocycles. The zero-order chi connectivity index (χ0) is 22.3. The first-order valence-electron chi connectivity index (χ1n) is 12.0. The summed E-state index contributed by atoms with van der Waals surface area (Å²) < 4.78 is 29.1. The molecule has 1 unspecified atom stereocenters. The summed E-state index contributed by atoms with van der Waals surface area (Å²) in [4.78, 5) is 0. The first-order chi connectivity index (χ1) is 14.2. The van der Waals surface area contributed by atoms with Crippen LogP contribution in [-0.4, -0.2) is 0 Å². The molecule has 1 atom stereocenters. The van der Waals surface area contributed by atoms with Gasteiger partial charge in [0.25, 0.3) is 0 Å². The predicted octanol–water partition coefficient (Wildman–Crippen LogP) is 9.29. The minimum absolute atomic E-state index is 0.108. The van der Waals surface area contributed by atoms with Crippen LogP contribution in [0.15, 0.2) is 60.3 Å². The topological polar surface area (TPSA) is 0 Å². The molecule has 0 nitrogen and oxygen atoms in total. The van der Waals surface area contributed by atoms with Crippen molar-refractivity contribution in [2.24, 2.45) is 35.5 Å². The van der Waals surface area contributed by atoms with E-state index in [1.54, 1.807) is 6.08 Å². The Morgan fingerprint density at radius 2 is 1.33 bits per heavy atom. The van der Waals surface area contributed by atoms with Gasteiger partial charge < -0.3 is 0 Å². The van der Waals surface area contributed by atoms with Gasteiger partial charge in [-0.3, -0.25) is 0 Å².